The minimum Gasteiger partial charge on any atom is -0.508 e. The molecule has 0 radical (unpaired) electrons. The molecular formula is C18H21N3O2S. The van der Waals surface area contributed by atoms with E-state index in [1.165, 1.54) is 19.3 Å². The number of thioether (sulfide) groups is 1. The Bertz CT molecular complexity index is 829. The minimum atomic E-state index is -0.0771. The minimum absolute atomic E-state index is 0.0441. The van der Waals surface area contributed by atoms with E-state index in [1.54, 1.807) is 23.9 Å². The molecule has 24 heavy (non-hydrogen) atoms. The van der Waals surface area contributed by atoms with Crippen molar-refractivity contribution in [1.82, 2.24) is 9.78 Å². The molecule has 1 atom stereocenters. The van der Waals surface area contributed by atoms with Crippen LogP contribution in [0.25, 0.3) is 0 Å². The van der Waals surface area contributed by atoms with Gasteiger partial charge in [0.15, 0.2) is 5.82 Å². The summed E-state index contributed by atoms with van der Waals surface area (Å²) < 4.78 is 2.01. The van der Waals surface area contributed by atoms with Crippen LogP contribution in [0.15, 0.2) is 34.1 Å². The number of H-pyrrole nitrogens is 1. The number of hydrogen-bond acceptors (Lipinski definition) is 4. The van der Waals surface area contributed by atoms with Crippen molar-refractivity contribution in [3.05, 3.63) is 45.7 Å². The number of aromatic hydroxyl groups is 1. The molecule has 1 aromatic heterocycles. The average Bonchev–Trinajstić information content (AvgIpc) is 2.92. The number of aliphatic imine (C=N–C) groups is 1. The van der Waals surface area contributed by atoms with Crippen molar-refractivity contribution < 1.29 is 5.11 Å². The molecule has 0 unspecified atom stereocenters. The van der Waals surface area contributed by atoms with E-state index in [1.807, 2.05) is 23.7 Å². The van der Waals surface area contributed by atoms with E-state index in [-0.39, 0.29) is 16.6 Å². The number of benzene rings is 1. The number of nitrogens with one attached hydrogen (secondary N) is 1. The van der Waals surface area contributed by atoms with Gasteiger partial charge >= 0.3 is 0 Å². The molecule has 2 N–H and O–H groups in total. The summed E-state index contributed by atoms with van der Waals surface area (Å²) in [6.07, 6.45) is 5.89. The number of aromatic amines is 1. The zero-order valence-corrected chi connectivity index (χ0v) is 14.5. The SMILES string of the molecule is CC1=Nc2c(c(=O)[nH]n2C2CCCCC2)[C@H](c2ccc(O)cc2)S1. The van der Waals surface area contributed by atoms with Crippen molar-refractivity contribution in [2.45, 2.75) is 50.3 Å². The van der Waals surface area contributed by atoms with Gasteiger partial charge in [0.05, 0.1) is 21.9 Å². The second-order valence-corrected chi connectivity index (χ2v) is 7.86. The highest BCUT2D eigenvalue weighted by atomic mass is 32.2. The number of aromatic nitrogens is 2. The molecule has 0 saturated heterocycles. The topological polar surface area (TPSA) is 70.4 Å². The first-order valence-electron chi connectivity index (χ1n) is 8.49. The largest absolute Gasteiger partial charge is 0.508 e. The van der Waals surface area contributed by atoms with Gasteiger partial charge in [0.1, 0.15) is 5.75 Å². The van der Waals surface area contributed by atoms with Crippen LogP contribution in [0.4, 0.5) is 5.82 Å². The summed E-state index contributed by atoms with van der Waals surface area (Å²) in [7, 11) is 0. The van der Waals surface area contributed by atoms with Gasteiger partial charge in [-0.15, -0.1) is 0 Å². The zero-order chi connectivity index (χ0) is 16.7. The third-order valence-electron chi connectivity index (χ3n) is 4.89. The summed E-state index contributed by atoms with van der Waals surface area (Å²) in [6.45, 7) is 1.99. The Kier molecular flexibility index (Phi) is 4.00. The highest BCUT2D eigenvalue weighted by Crippen LogP contribution is 2.45. The molecule has 1 saturated carbocycles. The fourth-order valence-corrected chi connectivity index (χ4v) is 4.80. The van der Waals surface area contributed by atoms with E-state index in [9.17, 15) is 9.90 Å². The summed E-state index contributed by atoms with van der Waals surface area (Å²) in [6, 6.07) is 7.45. The molecule has 5 nitrogen and oxygen atoms in total. The Labute approximate surface area is 144 Å². The molecule has 126 valence electrons. The van der Waals surface area contributed by atoms with Gasteiger partial charge in [-0.25, -0.2) is 4.99 Å². The van der Waals surface area contributed by atoms with E-state index in [0.717, 1.165) is 34.8 Å². The summed E-state index contributed by atoms with van der Waals surface area (Å²) in [4.78, 5) is 17.4. The smallest absolute Gasteiger partial charge is 0.271 e. The Morgan fingerprint density at radius 2 is 1.92 bits per heavy atom. The van der Waals surface area contributed by atoms with Crippen molar-refractivity contribution in [2.24, 2.45) is 4.99 Å². The third kappa shape index (κ3) is 2.69. The Balaban J connectivity index is 1.80. The number of hydrogen-bond donors (Lipinski definition) is 2. The molecule has 1 aromatic carbocycles. The van der Waals surface area contributed by atoms with Crippen LogP contribution in [0, 0.1) is 0 Å². The average molecular weight is 343 g/mol. The van der Waals surface area contributed by atoms with E-state index >= 15 is 0 Å². The van der Waals surface area contributed by atoms with Crippen LogP contribution in [0.5, 0.6) is 5.75 Å². The first-order valence-corrected chi connectivity index (χ1v) is 9.37. The molecule has 4 rings (SSSR count). The third-order valence-corrected chi connectivity index (χ3v) is 6.06. The highest BCUT2D eigenvalue weighted by Gasteiger charge is 2.32. The summed E-state index contributed by atoms with van der Waals surface area (Å²) >= 11 is 1.60. The van der Waals surface area contributed by atoms with E-state index in [0.29, 0.717) is 6.04 Å². The van der Waals surface area contributed by atoms with E-state index < -0.39 is 0 Å². The van der Waals surface area contributed by atoms with Crippen LogP contribution in [-0.4, -0.2) is 19.9 Å². The van der Waals surface area contributed by atoms with Gasteiger partial charge in [-0.3, -0.25) is 14.6 Å². The monoisotopic (exact) mass is 343 g/mol. The lowest BCUT2D eigenvalue weighted by Gasteiger charge is -2.26. The Hall–Kier alpha value is -1.95. The molecule has 1 fully saturated rings. The predicted molar refractivity (Wildman–Crippen MR) is 97.5 cm³/mol. The van der Waals surface area contributed by atoms with Crippen molar-refractivity contribution in [2.75, 3.05) is 0 Å². The second-order valence-electron chi connectivity index (χ2n) is 6.56. The molecule has 6 heteroatoms. The molecule has 2 aromatic rings. The van der Waals surface area contributed by atoms with E-state index in [4.69, 9.17) is 4.99 Å². The quantitative estimate of drug-likeness (QED) is 0.855. The van der Waals surface area contributed by atoms with Crippen molar-refractivity contribution >= 4 is 22.6 Å². The van der Waals surface area contributed by atoms with Gasteiger partial charge < -0.3 is 5.11 Å². The van der Waals surface area contributed by atoms with Crippen molar-refractivity contribution in [3.8, 4) is 5.75 Å². The number of phenols is 1. The molecule has 1 aliphatic carbocycles. The molecule has 2 aliphatic rings. The predicted octanol–water partition coefficient (Wildman–Crippen LogP) is 4.27. The summed E-state index contributed by atoms with van der Waals surface area (Å²) in [5.74, 6) is 1.03. The first-order chi connectivity index (χ1) is 11.6. The first kappa shape index (κ1) is 15.6. The highest BCUT2D eigenvalue weighted by molar-refractivity contribution is 8.14. The number of fused-ring (bicyclic) bond motifs is 1. The van der Waals surface area contributed by atoms with E-state index in [2.05, 4.69) is 5.10 Å². The van der Waals surface area contributed by atoms with Gasteiger partial charge in [0.25, 0.3) is 5.56 Å². The van der Waals surface area contributed by atoms with Crippen LogP contribution in [0.2, 0.25) is 0 Å². The van der Waals surface area contributed by atoms with Crippen LogP contribution < -0.4 is 5.56 Å². The van der Waals surface area contributed by atoms with Crippen LogP contribution in [0.3, 0.4) is 0 Å². The molecular weight excluding hydrogens is 322 g/mol. The number of rotatable bonds is 2. The summed E-state index contributed by atoms with van der Waals surface area (Å²) in [5, 5.41) is 13.5. The summed E-state index contributed by atoms with van der Waals surface area (Å²) in [5.41, 5.74) is 1.71. The Morgan fingerprint density at radius 1 is 1.21 bits per heavy atom. The molecule has 2 heterocycles. The fourth-order valence-electron chi connectivity index (χ4n) is 3.70. The van der Waals surface area contributed by atoms with Crippen LogP contribution in [0.1, 0.15) is 61.4 Å². The maximum Gasteiger partial charge on any atom is 0.271 e. The van der Waals surface area contributed by atoms with Gasteiger partial charge in [-0.05, 0) is 37.5 Å². The molecule has 0 amide bonds. The van der Waals surface area contributed by atoms with Crippen molar-refractivity contribution in [1.29, 1.82) is 0 Å². The Morgan fingerprint density at radius 3 is 2.62 bits per heavy atom. The van der Waals surface area contributed by atoms with Gasteiger partial charge in [-0.1, -0.05) is 43.2 Å². The molecule has 0 bridgehead atoms. The van der Waals surface area contributed by atoms with Crippen molar-refractivity contribution in [3.63, 3.8) is 0 Å². The lowest BCUT2D eigenvalue weighted by atomic mass is 9.95. The lowest BCUT2D eigenvalue weighted by Crippen LogP contribution is -2.16. The zero-order valence-electron chi connectivity index (χ0n) is 13.7. The van der Waals surface area contributed by atoms with Gasteiger partial charge in [0, 0.05) is 0 Å². The lowest BCUT2D eigenvalue weighted by molar-refractivity contribution is 0.331. The molecule has 1 aliphatic heterocycles. The number of nitrogens with zero attached hydrogens (tertiary/aromatic N) is 2. The fraction of sp³-hybridized carbons (Fsp3) is 0.444. The standard InChI is InChI=1S/C18H21N3O2S/c1-11-19-17-15(16(24-11)12-7-9-14(22)10-8-12)18(23)20-21(17)13-5-3-2-4-6-13/h7-10,13,16,22H,2-6H2,1H3,(H,20,23)/t16-/m0/s1. The van der Waals surface area contributed by atoms with Crippen LogP contribution >= 0.6 is 11.8 Å². The molecule has 0 spiro atoms. The maximum absolute atomic E-state index is 12.7. The van der Waals surface area contributed by atoms with Gasteiger partial charge in [-0.2, -0.15) is 0 Å². The van der Waals surface area contributed by atoms with Gasteiger partial charge in [0.2, 0.25) is 0 Å². The normalized spacial score (nSPS) is 21.4. The maximum atomic E-state index is 12.7. The second kappa shape index (κ2) is 6.16. The number of phenolic OH excluding ortho intramolecular Hbond substituents is 1. The van der Waals surface area contributed by atoms with Crippen LogP contribution in [-0.2, 0) is 0 Å².